The van der Waals surface area contributed by atoms with Gasteiger partial charge in [0.2, 0.25) is 17.7 Å². The molecule has 8 heteroatoms. The zero-order valence-electron chi connectivity index (χ0n) is 12.6. The molecular weight excluding hydrogens is 301 g/mol. The molecule has 0 bridgehead atoms. The molecule has 3 heterocycles. The molecule has 3 aromatic rings. The van der Waals surface area contributed by atoms with Gasteiger partial charge in [-0.3, -0.25) is 0 Å². The van der Waals surface area contributed by atoms with E-state index in [4.69, 9.17) is 9.47 Å². The van der Waals surface area contributed by atoms with E-state index in [0.29, 0.717) is 35.5 Å². The predicted molar refractivity (Wildman–Crippen MR) is 79.7 cm³/mol. The van der Waals surface area contributed by atoms with Crippen molar-refractivity contribution in [1.82, 2.24) is 24.5 Å². The minimum absolute atomic E-state index is 0.355. The summed E-state index contributed by atoms with van der Waals surface area (Å²) < 4.78 is 25.4. The number of hydrogen-bond acceptors (Lipinski definition) is 6. The number of pyridine rings is 1. The molecule has 0 amide bonds. The van der Waals surface area contributed by atoms with E-state index >= 15 is 0 Å². The number of methoxy groups -OCH3 is 2. The Labute approximate surface area is 131 Å². The summed E-state index contributed by atoms with van der Waals surface area (Å²) >= 11 is 0. The highest BCUT2D eigenvalue weighted by atomic mass is 19.1. The number of nitrogens with zero attached hydrogens (tertiary/aromatic N) is 5. The lowest BCUT2D eigenvalue weighted by Crippen LogP contribution is -2.07. The summed E-state index contributed by atoms with van der Waals surface area (Å²) in [6.07, 6.45) is 4.88. The van der Waals surface area contributed by atoms with Gasteiger partial charge in [0.15, 0.2) is 5.82 Å². The average Bonchev–Trinajstić information content (AvgIpc) is 3.03. The molecule has 0 N–H and O–H groups in total. The van der Waals surface area contributed by atoms with Crippen LogP contribution in [0.25, 0.3) is 11.5 Å². The third-order valence-corrected chi connectivity index (χ3v) is 3.17. The third-order valence-electron chi connectivity index (χ3n) is 3.17. The molecule has 7 nitrogen and oxygen atoms in total. The Hall–Kier alpha value is -3.03. The molecule has 0 atom stereocenters. The Morgan fingerprint density at radius 2 is 2.00 bits per heavy atom. The van der Waals surface area contributed by atoms with Gasteiger partial charge in [-0.1, -0.05) is 6.07 Å². The first-order valence-corrected chi connectivity index (χ1v) is 6.79. The van der Waals surface area contributed by atoms with E-state index in [1.54, 1.807) is 29.1 Å². The van der Waals surface area contributed by atoms with Crippen molar-refractivity contribution in [2.24, 2.45) is 0 Å². The molecule has 0 aliphatic carbocycles. The van der Waals surface area contributed by atoms with Crippen molar-refractivity contribution in [3.8, 4) is 23.3 Å². The fraction of sp³-hybridized carbons (Fsp3) is 0.200. The van der Waals surface area contributed by atoms with Crippen LogP contribution in [-0.2, 0) is 6.54 Å². The molecule has 0 aliphatic rings. The van der Waals surface area contributed by atoms with Gasteiger partial charge in [0.25, 0.3) is 0 Å². The van der Waals surface area contributed by atoms with Gasteiger partial charge >= 0.3 is 0 Å². The Morgan fingerprint density at radius 3 is 2.74 bits per heavy atom. The molecule has 0 aromatic carbocycles. The van der Waals surface area contributed by atoms with Gasteiger partial charge in [-0.2, -0.15) is 9.37 Å². The highest BCUT2D eigenvalue weighted by Crippen LogP contribution is 2.21. The summed E-state index contributed by atoms with van der Waals surface area (Å²) in [6.45, 7) is 0.355. The van der Waals surface area contributed by atoms with Crippen molar-refractivity contribution in [2.75, 3.05) is 14.2 Å². The van der Waals surface area contributed by atoms with Crippen molar-refractivity contribution in [3.63, 3.8) is 0 Å². The Kier molecular flexibility index (Phi) is 4.13. The maximum atomic E-state index is 13.3. The molecule has 3 rings (SSSR count). The van der Waals surface area contributed by atoms with Gasteiger partial charge in [-0.15, -0.1) is 0 Å². The van der Waals surface area contributed by atoms with Crippen LogP contribution in [0, 0.1) is 5.95 Å². The highest BCUT2D eigenvalue weighted by Gasteiger charge is 2.13. The maximum absolute atomic E-state index is 13.3. The molecule has 0 radical (unpaired) electrons. The molecule has 0 aliphatic heterocycles. The molecule has 3 aromatic heterocycles. The van der Waals surface area contributed by atoms with Gasteiger partial charge in [-0.05, 0) is 12.1 Å². The monoisotopic (exact) mass is 315 g/mol. The van der Waals surface area contributed by atoms with Crippen molar-refractivity contribution in [2.45, 2.75) is 6.54 Å². The normalized spacial score (nSPS) is 10.6. The van der Waals surface area contributed by atoms with E-state index in [1.807, 2.05) is 0 Å². The van der Waals surface area contributed by atoms with Crippen LogP contribution in [0.5, 0.6) is 11.8 Å². The summed E-state index contributed by atoms with van der Waals surface area (Å²) in [5.74, 6) is 0.697. The zero-order chi connectivity index (χ0) is 16.2. The van der Waals surface area contributed by atoms with Crippen LogP contribution in [0.3, 0.4) is 0 Å². The van der Waals surface area contributed by atoms with Gasteiger partial charge in [0.1, 0.15) is 11.4 Å². The van der Waals surface area contributed by atoms with E-state index in [0.717, 1.165) is 0 Å². The van der Waals surface area contributed by atoms with E-state index in [9.17, 15) is 4.39 Å². The lowest BCUT2D eigenvalue weighted by atomic mass is 10.3. The number of halogens is 1. The van der Waals surface area contributed by atoms with Crippen LogP contribution in [0.15, 0.2) is 36.8 Å². The van der Waals surface area contributed by atoms with Crippen LogP contribution in [0.2, 0.25) is 0 Å². The van der Waals surface area contributed by atoms with Gasteiger partial charge in [0.05, 0.1) is 27.0 Å². The van der Waals surface area contributed by atoms with E-state index in [1.165, 1.54) is 26.5 Å². The van der Waals surface area contributed by atoms with Crippen LogP contribution in [-0.4, -0.2) is 38.7 Å². The third kappa shape index (κ3) is 3.10. The first-order chi connectivity index (χ1) is 11.2. The molecule has 23 heavy (non-hydrogen) atoms. The smallest absolute Gasteiger partial charge is 0.240 e. The molecule has 0 saturated carbocycles. The number of hydrogen-bond donors (Lipinski definition) is 0. The first-order valence-electron chi connectivity index (χ1n) is 6.79. The van der Waals surface area contributed by atoms with Crippen molar-refractivity contribution >= 4 is 0 Å². The van der Waals surface area contributed by atoms with Gasteiger partial charge in [-0.25, -0.2) is 15.0 Å². The summed E-state index contributed by atoms with van der Waals surface area (Å²) in [4.78, 5) is 16.6. The van der Waals surface area contributed by atoms with Gasteiger partial charge < -0.3 is 14.0 Å². The number of imidazole rings is 1. The minimum Gasteiger partial charge on any atom is -0.480 e. The zero-order valence-corrected chi connectivity index (χ0v) is 12.6. The summed E-state index contributed by atoms with van der Waals surface area (Å²) in [7, 11) is 3.02. The van der Waals surface area contributed by atoms with Crippen LogP contribution in [0.1, 0.15) is 5.69 Å². The predicted octanol–water partition coefficient (Wildman–Crippen LogP) is 1.94. The molecular formula is C15H14FN5O2. The topological polar surface area (TPSA) is 75.0 Å². The molecule has 0 fully saturated rings. The second-order valence-corrected chi connectivity index (χ2v) is 4.59. The quantitative estimate of drug-likeness (QED) is 0.670. The van der Waals surface area contributed by atoms with Gasteiger partial charge in [0, 0.05) is 12.4 Å². The second kappa shape index (κ2) is 6.39. The van der Waals surface area contributed by atoms with Crippen molar-refractivity contribution < 1.29 is 13.9 Å². The van der Waals surface area contributed by atoms with Crippen molar-refractivity contribution in [1.29, 1.82) is 0 Å². The van der Waals surface area contributed by atoms with E-state index in [2.05, 4.69) is 19.9 Å². The highest BCUT2D eigenvalue weighted by molar-refractivity contribution is 5.49. The fourth-order valence-electron chi connectivity index (χ4n) is 2.12. The first kappa shape index (κ1) is 14.9. The Balaban J connectivity index is 1.95. The molecule has 118 valence electrons. The van der Waals surface area contributed by atoms with Crippen LogP contribution in [0.4, 0.5) is 4.39 Å². The SMILES string of the molecule is COc1cnc(Cn2ccnc2-c2cccc(F)n2)c(OC)n1. The van der Waals surface area contributed by atoms with E-state index in [-0.39, 0.29) is 0 Å². The van der Waals surface area contributed by atoms with Crippen LogP contribution >= 0.6 is 0 Å². The molecule has 0 unspecified atom stereocenters. The maximum Gasteiger partial charge on any atom is 0.240 e. The summed E-state index contributed by atoms with van der Waals surface area (Å²) in [6, 6.07) is 4.57. The average molecular weight is 315 g/mol. The minimum atomic E-state index is -0.557. The lowest BCUT2D eigenvalue weighted by Gasteiger charge is -2.10. The molecule has 0 spiro atoms. The Bertz CT molecular complexity index is 821. The molecule has 0 saturated heterocycles. The largest absolute Gasteiger partial charge is 0.480 e. The summed E-state index contributed by atoms with van der Waals surface area (Å²) in [5.41, 5.74) is 1.04. The Morgan fingerprint density at radius 1 is 1.13 bits per heavy atom. The number of aromatic nitrogens is 5. The second-order valence-electron chi connectivity index (χ2n) is 4.59. The van der Waals surface area contributed by atoms with E-state index < -0.39 is 5.95 Å². The number of ether oxygens (including phenoxy) is 2. The van der Waals surface area contributed by atoms with Crippen LogP contribution < -0.4 is 9.47 Å². The standard InChI is InChI=1S/C15H14FN5O2/c1-22-13-8-18-11(15(20-13)23-2)9-21-7-6-17-14(21)10-4-3-5-12(16)19-10/h3-8H,9H2,1-2H3. The fourth-order valence-corrected chi connectivity index (χ4v) is 2.12. The van der Waals surface area contributed by atoms with Crippen molar-refractivity contribution in [3.05, 3.63) is 48.4 Å². The summed E-state index contributed by atoms with van der Waals surface area (Å²) in [5, 5.41) is 0. The lowest BCUT2D eigenvalue weighted by molar-refractivity contribution is 0.355. The number of rotatable bonds is 5.